The van der Waals surface area contributed by atoms with Crippen LogP contribution in [0.25, 0.3) is 0 Å². The summed E-state index contributed by atoms with van der Waals surface area (Å²) in [7, 11) is 0. The van der Waals surface area contributed by atoms with E-state index in [0.717, 1.165) is 18.9 Å². The van der Waals surface area contributed by atoms with Gasteiger partial charge in [-0.15, -0.1) is 0 Å². The van der Waals surface area contributed by atoms with Crippen LogP contribution in [0.5, 0.6) is 0 Å². The van der Waals surface area contributed by atoms with E-state index in [4.69, 9.17) is 0 Å². The normalized spacial score (nSPS) is 21.1. The predicted molar refractivity (Wildman–Crippen MR) is 123 cm³/mol. The molecule has 1 saturated carbocycles. The fraction of sp³-hybridized carbons (Fsp3) is 0.423. The van der Waals surface area contributed by atoms with Crippen LogP contribution in [-0.2, 0) is 4.79 Å². The molecule has 1 saturated heterocycles. The van der Waals surface area contributed by atoms with Crippen LogP contribution in [0.4, 0.5) is 17.6 Å². The maximum Gasteiger partial charge on any atom is 0.255 e. The summed E-state index contributed by atoms with van der Waals surface area (Å²) in [5.74, 6) is -6.87. The predicted octanol–water partition coefficient (Wildman–Crippen LogP) is 4.40. The van der Waals surface area contributed by atoms with Gasteiger partial charge in [0, 0.05) is 29.3 Å². The zero-order chi connectivity index (χ0) is 26.4. The smallest absolute Gasteiger partial charge is 0.255 e. The summed E-state index contributed by atoms with van der Waals surface area (Å²) in [6.45, 7) is 5.45. The highest BCUT2D eigenvalue weighted by Crippen LogP contribution is 2.37. The van der Waals surface area contributed by atoms with Crippen molar-refractivity contribution in [1.29, 1.82) is 0 Å². The topological polar surface area (TPSA) is 78.5 Å². The molecule has 0 unspecified atom stereocenters. The lowest BCUT2D eigenvalue weighted by Crippen LogP contribution is -2.49. The van der Waals surface area contributed by atoms with Crippen molar-refractivity contribution in [1.82, 2.24) is 15.5 Å². The van der Waals surface area contributed by atoms with Crippen molar-refractivity contribution in [3.05, 3.63) is 70.3 Å². The summed E-state index contributed by atoms with van der Waals surface area (Å²) < 4.78 is 55.8. The van der Waals surface area contributed by atoms with Crippen molar-refractivity contribution in [2.45, 2.75) is 70.1 Å². The molecule has 192 valence electrons. The van der Waals surface area contributed by atoms with Gasteiger partial charge in [-0.1, -0.05) is 6.07 Å². The number of rotatable bonds is 6. The first-order chi connectivity index (χ1) is 16.9. The Balaban J connectivity index is 1.44. The minimum atomic E-state index is -1.52. The number of carbonyl (C=O) groups is 3. The van der Waals surface area contributed by atoms with E-state index in [1.165, 1.54) is 12.1 Å². The molecule has 2 aromatic rings. The average Bonchev–Trinajstić information content (AvgIpc) is 3.52. The Hall–Kier alpha value is -3.43. The summed E-state index contributed by atoms with van der Waals surface area (Å²) in [5.41, 5.74) is -1.89. The molecule has 2 aliphatic rings. The van der Waals surface area contributed by atoms with Gasteiger partial charge in [-0.2, -0.15) is 0 Å². The van der Waals surface area contributed by atoms with E-state index in [2.05, 4.69) is 10.6 Å². The maximum atomic E-state index is 15.0. The molecule has 0 spiro atoms. The van der Waals surface area contributed by atoms with Crippen LogP contribution < -0.4 is 10.6 Å². The molecule has 0 radical (unpaired) electrons. The lowest BCUT2D eigenvalue weighted by atomic mass is 10.0. The average molecular weight is 506 g/mol. The highest BCUT2D eigenvalue weighted by molar-refractivity contribution is 6.01. The van der Waals surface area contributed by atoms with E-state index in [1.54, 1.807) is 11.8 Å². The monoisotopic (exact) mass is 505 g/mol. The quantitative estimate of drug-likeness (QED) is 0.452. The second-order valence-corrected chi connectivity index (χ2v) is 9.70. The Labute approximate surface area is 206 Å². The summed E-state index contributed by atoms with van der Waals surface area (Å²) in [6.07, 6.45) is 2.21. The Morgan fingerprint density at radius 2 is 1.61 bits per heavy atom. The van der Waals surface area contributed by atoms with Crippen molar-refractivity contribution in [2.75, 3.05) is 0 Å². The van der Waals surface area contributed by atoms with E-state index in [-0.39, 0.29) is 42.0 Å². The van der Waals surface area contributed by atoms with Crippen molar-refractivity contribution in [3.63, 3.8) is 0 Å². The van der Waals surface area contributed by atoms with Crippen molar-refractivity contribution < 1.29 is 31.9 Å². The van der Waals surface area contributed by atoms with E-state index >= 15 is 0 Å². The second-order valence-electron chi connectivity index (χ2n) is 9.70. The lowest BCUT2D eigenvalue weighted by Gasteiger charge is -2.27. The second kappa shape index (κ2) is 9.55. The molecular formula is C26H27F4N3O3. The number of benzene rings is 2. The third kappa shape index (κ3) is 4.81. The van der Waals surface area contributed by atoms with Crippen LogP contribution in [0.15, 0.2) is 30.3 Å². The lowest BCUT2D eigenvalue weighted by molar-refractivity contribution is -0.124. The van der Waals surface area contributed by atoms with Gasteiger partial charge in [0.05, 0.1) is 11.6 Å². The summed E-state index contributed by atoms with van der Waals surface area (Å²) in [4.78, 5) is 39.9. The van der Waals surface area contributed by atoms with E-state index in [1.807, 2.05) is 13.8 Å². The van der Waals surface area contributed by atoms with E-state index in [0.29, 0.717) is 12.1 Å². The fourth-order valence-corrected chi connectivity index (χ4v) is 4.71. The van der Waals surface area contributed by atoms with Crippen molar-refractivity contribution in [2.24, 2.45) is 0 Å². The van der Waals surface area contributed by atoms with Gasteiger partial charge in [0.2, 0.25) is 5.91 Å². The number of halogens is 4. The molecule has 2 N–H and O–H groups in total. The maximum absolute atomic E-state index is 15.0. The molecule has 0 aromatic heterocycles. The molecule has 1 aliphatic heterocycles. The molecule has 3 amide bonds. The third-order valence-electron chi connectivity index (χ3n) is 7.02. The van der Waals surface area contributed by atoms with Crippen molar-refractivity contribution >= 4 is 17.7 Å². The van der Waals surface area contributed by atoms with Gasteiger partial charge in [-0.25, -0.2) is 17.6 Å². The largest absolute Gasteiger partial charge is 0.347 e. The standard InChI is InChI=1S/C26H27F4N3O3/c1-13-4-5-14(2)33(13)24(35)16-6-7-18(20(28)10-16)15(3)31-25(36)26(8-9-26)32-23(34)19-11-17(27)12-21(29)22(19)30/h6-7,10-15H,4-5,8-9H2,1-3H3,(H,31,36)(H,32,34)/t13-,14+,15-/m1/s1. The Bertz CT molecular complexity index is 1220. The van der Waals surface area contributed by atoms with E-state index < -0.39 is 52.2 Å². The van der Waals surface area contributed by atoms with Crippen LogP contribution in [0.1, 0.15) is 78.8 Å². The van der Waals surface area contributed by atoms with Gasteiger partial charge in [-0.3, -0.25) is 14.4 Å². The molecule has 4 rings (SSSR count). The number of hydrogen-bond acceptors (Lipinski definition) is 3. The Morgan fingerprint density at radius 3 is 2.19 bits per heavy atom. The summed E-state index contributed by atoms with van der Waals surface area (Å²) in [5, 5.41) is 4.97. The van der Waals surface area contributed by atoms with Crippen LogP contribution >= 0.6 is 0 Å². The van der Waals surface area contributed by atoms with Crippen LogP contribution in [0.2, 0.25) is 0 Å². The first-order valence-corrected chi connectivity index (χ1v) is 11.8. The van der Waals surface area contributed by atoms with E-state index in [9.17, 15) is 31.9 Å². The molecule has 36 heavy (non-hydrogen) atoms. The highest BCUT2D eigenvalue weighted by Gasteiger charge is 2.52. The number of nitrogens with zero attached hydrogens (tertiary/aromatic N) is 1. The Morgan fingerprint density at radius 1 is 0.972 bits per heavy atom. The minimum absolute atomic E-state index is 0.0655. The number of likely N-dealkylation sites (tertiary alicyclic amines) is 1. The zero-order valence-corrected chi connectivity index (χ0v) is 20.1. The van der Waals surface area contributed by atoms with Gasteiger partial charge in [0.25, 0.3) is 11.8 Å². The van der Waals surface area contributed by atoms with Gasteiger partial charge < -0.3 is 15.5 Å². The van der Waals surface area contributed by atoms with Gasteiger partial charge in [-0.05, 0) is 64.7 Å². The number of amides is 3. The molecule has 2 aromatic carbocycles. The summed E-state index contributed by atoms with van der Waals surface area (Å²) in [6, 6.07) is 4.27. The third-order valence-corrected chi connectivity index (χ3v) is 7.02. The molecule has 1 aliphatic carbocycles. The highest BCUT2D eigenvalue weighted by atomic mass is 19.2. The molecule has 10 heteroatoms. The number of carbonyl (C=O) groups excluding carboxylic acids is 3. The molecule has 3 atom stereocenters. The molecular weight excluding hydrogens is 478 g/mol. The fourth-order valence-electron chi connectivity index (χ4n) is 4.71. The molecule has 1 heterocycles. The zero-order valence-electron chi connectivity index (χ0n) is 20.1. The van der Waals surface area contributed by atoms with Crippen LogP contribution in [0, 0.1) is 23.3 Å². The summed E-state index contributed by atoms with van der Waals surface area (Å²) >= 11 is 0. The van der Waals surface area contributed by atoms with Crippen molar-refractivity contribution in [3.8, 4) is 0 Å². The first-order valence-electron chi connectivity index (χ1n) is 11.8. The first kappa shape index (κ1) is 25.7. The van der Waals surface area contributed by atoms with Gasteiger partial charge in [0.15, 0.2) is 11.6 Å². The molecule has 0 bridgehead atoms. The minimum Gasteiger partial charge on any atom is -0.347 e. The van der Waals surface area contributed by atoms with Crippen LogP contribution in [-0.4, -0.2) is 40.2 Å². The van der Waals surface area contributed by atoms with Crippen LogP contribution in [0.3, 0.4) is 0 Å². The number of hydrogen-bond donors (Lipinski definition) is 2. The Kier molecular flexibility index (Phi) is 6.81. The molecule has 2 fully saturated rings. The SMILES string of the molecule is C[C@@H]1CC[C@H](C)N1C(=O)c1ccc([C@@H](C)NC(=O)C2(NC(=O)c3cc(F)cc(F)c3F)CC2)c(F)c1. The molecule has 6 nitrogen and oxygen atoms in total. The van der Waals surface area contributed by atoms with Gasteiger partial charge >= 0.3 is 0 Å². The number of nitrogens with one attached hydrogen (secondary N) is 2. The van der Waals surface area contributed by atoms with Gasteiger partial charge in [0.1, 0.15) is 17.2 Å².